The Kier molecular flexibility index (Phi) is 3.53. The van der Waals surface area contributed by atoms with Crippen LogP contribution in [0.5, 0.6) is 0 Å². The number of pyridine rings is 1. The van der Waals surface area contributed by atoms with E-state index in [1.165, 1.54) is 10.4 Å². The smallest absolute Gasteiger partial charge is 0.0957 e. The van der Waals surface area contributed by atoms with Crippen molar-refractivity contribution in [2.45, 2.75) is 32.4 Å². The number of hydrogen-bond acceptors (Lipinski definition) is 4. The minimum atomic E-state index is -0.445. The second-order valence-corrected chi connectivity index (χ2v) is 5.91. The summed E-state index contributed by atoms with van der Waals surface area (Å²) < 4.78 is 0. The topological polar surface area (TPSA) is 36.4 Å². The van der Waals surface area contributed by atoms with Crippen LogP contribution in [0.3, 0.4) is 0 Å². The van der Waals surface area contributed by atoms with E-state index in [0.717, 1.165) is 30.9 Å². The van der Waals surface area contributed by atoms with Crippen molar-refractivity contribution in [2.24, 2.45) is 0 Å². The standard InChI is InChI=1S/C15H18N2OS/c1-2-14(18)13-4-3-12(9-16-13)17-7-5-15-11(10-17)6-8-19-15/h3-4,6,8-9,14,18H,2,5,7,10H2,1H3/t14-/m1/s1. The number of hydrogen-bond donors (Lipinski definition) is 1. The summed E-state index contributed by atoms with van der Waals surface area (Å²) in [4.78, 5) is 8.25. The van der Waals surface area contributed by atoms with Gasteiger partial charge in [0, 0.05) is 18.0 Å². The number of aliphatic hydroxyl groups excluding tert-OH is 1. The third kappa shape index (κ3) is 2.51. The average Bonchev–Trinajstić information content (AvgIpc) is 2.94. The van der Waals surface area contributed by atoms with Crippen molar-refractivity contribution in [1.82, 2.24) is 4.98 Å². The molecule has 0 saturated carbocycles. The van der Waals surface area contributed by atoms with Crippen LogP contribution in [-0.2, 0) is 13.0 Å². The van der Waals surface area contributed by atoms with Crippen molar-refractivity contribution >= 4 is 17.0 Å². The van der Waals surface area contributed by atoms with Gasteiger partial charge in [-0.05, 0) is 42.0 Å². The summed E-state index contributed by atoms with van der Waals surface area (Å²) in [7, 11) is 0. The molecule has 0 amide bonds. The maximum atomic E-state index is 9.76. The molecule has 100 valence electrons. The van der Waals surface area contributed by atoms with E-state index in [9.17, 15) is 5.11 Å². The van der Waals surface area contributed by atoms with Crippen LogP contribution in [0.25, 0.3) is 0 Å². The molecule has 1 aliphatic rings. The Morgan fingerprint density at radius 2 is 2.32 bits per heavy atom. The molecule has 3 nitrogen and oxygen atoms in total. The van der Waals surface area contributed by atoms with Gasteiger partial charge in [0.15, 0.2) is 0 Å². The van der Waals surface area contributed by atoms with Crippen LogP contribution in [0.15, 0.2) is 29.8 Å². The zero-order valence-electron chi connectivity index (χ0n) is 11.0. The molecule has 0 bridgehead atoms. The van der Waals surface area contributed by atoms with E-state index in [0.29, 0.717) is 6.42 Å². The molecule has 0 aliphatic carbocycles. The maximum absolute atomic E-state index is 9.76. The second-order valence-electron chi connectivity index (χ2n) is 4.91. The SMILES string of the molecule is CC[C@@H](O)c1ccc(N2CCc3sccc3C2)cn1. The van der Waals surface area contributed by atoms with Gasteiger partial charge in [-0.3, -0.25) is 4.98 Å². The number of rotatable bonds is 3. The summed E-state index contributed by atoms with van der Waals surface area (Å²) in [5, 5.41) is 11.9. The van der Waals surface area contributed by atoms with Crippen molar-refractivity contribution in [1.29, 1.82) is 0 Å². The highest BCUT2D eigenvalue weighted by Gasteiger charge is 2.18. The molecule has 0 saturated heterocycles. The van der Waals surface area contributed by atoms with Gasteiger partial charge >= 0.3 is 0 Å². The number of fused-ring (bicyclic) bond motifs is 1. The normalized spacial score (nSPS) is 16.2. The van der Waals surface area contributed by atoms with Crippen molar-refractivity contribution in [2.75, 3.05) is 11.4 Å². The lowest BCUT2D eigenvalue weighted by molar-refractivity contribution is 0.169. The Balaban J connectivity index is 1.77. The van der Waals surface area contributed by atoms with Gasteiger partial charge in [0.25, 0.3) is 0 Å². The molecular formula is C15H18N2OS. The van der Waals surface area contributed by atoms with Crippen molar-refractivity contribution in [3.05, 3.63) is 45.9 Å². The molecule has 2 aromatic rings. The lowest BCUT2D eigenvalue weighted by Crippen LogP contribution is -2.29. The van der Waals surface area contributed by atoms with Crippen LogP contribution in [0.4, 0.5) is 5.69 Å². The van der Waals surface area contributed by atoms with E-state index in [1.807, 2.05) is 30.5 Å². The molecule has 0 fully saturated rings. The summed E-state index contributed by atoms with van der Waals surface area (Å²) >= 11 is 1.86. The fraction of sp³-hybridized carbons (Fsp3) is 0.400. The fourth-order valence-electron chi connectivity index (χ4n) is 2.46. The molecule has 2 aromatic heterocycles. The minimum absolute atomic E-state index is 0.445. The fourth-order valence-corrected chi connectivity index (χ4v) is 3.35. The van der Waals surface area contributed by atoms with Crippen molar-refractivity contribution in [3.63, 3.8) is 0 Å². The number of nitrogens with zero attached hydrogens (tertiary/aromatic N) is 2. The predicted molar refractivity (Wildman–Crippen MR) is 78.6 cm³/mol. The average molecular weight is 274 g/mol. The van der Waals surface area contributed by atoms with Crippen LogP contribution in [0.2, 0.25) is 0 Å². The first-order valence-electron chi connectivity index (χ1n) is 6.72. The lowest BCUT2D eigenvalue weighted by atomic mass is 10.1. The Labute approximate surface area is 117 Å². The number of thiophene rings is 1. The number of aliphatic hydroxyl groups is 1. The largest absolute Gasteiger partial charge is 0.387 e. The van der Waals surface area contributed by atoms with E-state index < -0.39 is 6.10 Å². The zero-order chi connectivity index (χ0) is 13.2. The molecule has 3 heterocycles. The highest BCUT2D eigenvalue weighted by molar-refractivity contribution is 7.10. The summed E-state index contributed by atoms with van der Waals surface area (Å²) in [5.74, 6) is 0. The van der Waals surface area contributed by atoms with Crippen LogP contribution in [0.1, 0.15) is 35.6 Å². The Morgan fingerprint density at radius 1 is 1.42 bits per heavy atom. The van der Waals surface area contributed by atoms with Gasteiger partial charge in [0.1, 0.15) is 0 Å². The highest BCUT2D eigenvalue weighted by atomic mass is 32.1. The van der Waals surface area contributed by atoms with Gasteiger partial charge in [-0.25, -0.2) is 0 Å². The van der Waals surface area contributed by atoms with Gasteiger partial charge in [-0.2, -0.15) is 0 Å². The molecule has 4 heteroatoms. The van der Waals surface area contributed by atoms with Gasteiger partial charge in [0.2, 0.25) is 0 Å². The van der Waals surface area contributed by atoms with E-state index in [-0.39, 0.29) is 0 Å². The Bertz CT molecular complexity index is 550. The first-order chi connectivity index (χ1) is 9.28. The summed E-state index contributed by atoms with van der Waals surface area (Å²) in [6.45, 7) is 3.98. The molecule has 3 rings (SSSR count). The van der Waals surface area contributed by atoms with Gasteiger partial charge < -0.3 is 10.0 Å². The monoisotopic (exact) mass is 274 g/mol. The maximum Gasteiger partial charge on any atom is 0.0957 e. The molecule has 0 aromatic carbocycles. The minimum Gasteiger partial charge on any atom is -0.387 e. The number of anilines is 1. The van der Waals surface area contributed by atoms with Crippen molar-refractivity contribution in [3.8, 4) is 0 Å². The quantitative estimate of drug-likeness (QED) is 0.934. The predicted octanol–water partition coefficient (Wildman–Crippen LogP) is 3.15. The van der Waals surface area contributed by atoms with Crippen LogP contribution in [0, 0.1) is 0 Å². The van der Waals surface area contributed by atoms with Crippen molar-refractivity contribution < 1.29 is 5.11 Å². The summed E-state index contributed by atoms with van der Waals surface area (Å²) in [6, 6.07) is 6.22. The third-order valence-electron chi connectivity index (χ3n) is 3.67. The molecule has 0 radical (unpaired) electrons. The lowest BCUT2D eigenvalue weighted by Gasteiger charge is -2.28. The van der Waals surface area contributed by atoms with Gasteiger partial charge in [-0.15, -0.1) is 11.3 Å². The van der Waals surface area contributed by atoms with Crippen LogP contribution < -0.4 is 4.90 Å². The molecule has 1 N–H and O–H groups in total. The summed E-state index contributed by atoms with van der Waals surface area (Å²) in [5.41, 5.74) is 3.34. The summed E-state index contributed by atoms with van der Waals surface area (Å²) in [6.07, 6.45) is 3.26. The van der Waals surface area contributed by atoms with Gasteiger partial charge in [0.05, 0.1) is 23.7 Å². The Hall–Kier alpha value is -1.39. The number of aromatic nitrogens is 1. The molecular weight excluding hydrogens is 256 g/mol. The van der Waals surface area contributed by atoms with Gasteiger partial charge in [-0.1, -0.05) is 6.92 Å². The molecule has 19 heavy (non-hydrogen) atoms. The molecule has 0 spiro atoms. The Morgan fingerprint density at radius 3 is 3.05 bits per heavy atom. The molecule has 1 aliphatic heterocycles. The molecule has 0 unspecified atom stereocenters. The first kappa shape index (κ1) is 12.6. The van der Waals surface area contributed by atoms with Crippen LogP contribution in [-0.4, -0.2) is 16.6 Å². The first-order valence-corrected chi connectivity index (χ1v) is 7.60. The van der Waals surface area contributed by atoms with E-state index in [1.54, 1.807) is 0 Å². The van der Waals surface area contributed by atoms with E-state index in [4.69, 9.17) is 0 Å². The third-order valence-corrected chi connectivity index (χ3v) is 4.69. The van der Waals surface area contributed by atoms with E-state index >= 15 is 0 Å². The highest BCUT2D eigenvalue weighted by Crippen LogP contribution is 2.28. The second kappa shape index (κ2) is 5.31. The zero-order valence-corrected chi connectivity index (χ0v) is 11.9. The molecule has 1 atom stereocenters. The van der Waals surface area contributed by atoms with E-state index in [2.05, 4.69) is 27.4 Å². The van der Waals surface area contributed by atoms with Crippen LogP contribution >= 0.6 is 11.3 Å².